The number of urea groups is 1. The number of anilines is 1. The number of hydrogen-bond acceptors (Lipinski definition) is 4. The number of nitrogens with zero attached hydrogens (tertiary/aromatic N) is 1. The number of isocyanates is 1. The standard InChI is InChI=1S/C21H27N3O3/c1-14(27-21-9-15-5-16(10-21)7-17(6-15)11-21)12-22-20(26)24-19-4-2-3-18(8-19)23-13-25/h2-4,8,14-17H,5-7,9-12H2,1H3,(H2,22,24,26). The van der Waals surface area contributed by atoms with Gasteiger partial charge in [0.1, 0.15) is 0 Å². The quantitative estimate of drug-likeness (QED) is 0.584. The first-order chi connectivity index (χ1) is 13.0. The van der Waals surface area contributed by atoms with Crippen molar-refractivity contribution in [2.24, 2.45) is 22.7 Å². The Labute approximate surface area is 159 Å². The van der Waals surface area contributed by atoms with Gasteiger partial charge in [0.15, 0.2) is 0 Å². The molecule has 4 saturated carbocycles. The van der Waals surface area contributed by atoms with E-state index in [0.717, 1.165) is 17.8 Å². The van der Waals surface area contributed by atoms with Crippen molar-refractivity contribution in [3.05, 3.63) is 24.3 Å². The zero-order valence-electron chi connectivity index (χ0n) is 15.7. The Morgan fingerprint density at radius 2 is 1.93 bits per heavy atom. The highest BCUT2D eigenvalue weighted by Crippen LogP contribution is 2.57. The van der Waals surface area contributed by atoms with Gasteiger partial charge in [-0.15, -0.1) is 0 Å². The molecule has 2 amide bonds. The van der Waals surface area contributed by atoms with Crippen molar-refractivity contribution in [3.8, 4) is 0 Å². The summed E-state index contributed by atoms with van der Waals surface area (Å²) in [6, 6.07) is 6.49. The van der Waals surface area contributed by atoms with E-state index in [1.165, 1.54) is 44.6 Å². The van der Waals surface area contributed by atoms with E-state index in [9.17, 15) is 9.59 Å². The number of nitrogens with one attached hydrogen (secondary N) is 2. The molecular weight excluding hydrogens is 342 g/mol. The van der Waals surface area contributed by atoms with E-state index in [1.54, 1.807) is 24.3 Å². The van der Waals surface area contributed by atoms with Gasteiger partial charge in [-0.1, -0.05) is 6.07 Å². The molecule has 5 rings (SSSR count). The summed E-state index contributed by atoms with van der Waals surface area (Å²) in [6.07, 6.45) is 9.24. The van der Waals surface area contributed by atoms with Gasteiger partial charge in [-0.3, -0.25) is 0 Å². The molecule has 1 aromatic rings. The third-order valence-corrected chi connectivity index (χ3v) is 6.26. The van der Waals surface area contributed by atoms with Gasteiger partial charge in [-0.2, -0.15) is 4.99 Å². The third kappa shape index (κ3) is 4.23. The molecule has 6 nitrogen and oxygen atoms in total. The summed E-state index contributed by atoms with van der Waals surface area (Å²) in [5, 5.41) is 5.64. The van der Waals surface area contributed by atoms with Crippen LogP contribution in [0.2, 0.25) is 0 Å². The van der Waals surface area contributed by atoms with Gasteiger partial charge in [-0.25, -0.2) is 9.59 Å². The molecule has 0 aliphatic heterocycles. The molecule has 144 valence electrons. The minimum absolute atomic E-state index is 0.0157. The fourth-order valence-corrected chi connectivity index (χ4v) is 5.76. The van der Waals surface area contributed by atoms with Crippen LogP contribution in [0.4, 0.5) is 16.2 Å². The van der Waals surface area contributed by atoms with Gasteiger partial charge >= 0.3 is 6.03 Å². The molecule has 6 heteroatoms. The highest BCUT2D eigenvalue weighted by Gasteiger charge is 2.52. The Morgan fingerprint density at radius 1 is 1.26 bits per heavy atom. The third-order valence-electron chi connectivity index (χ3n) is 6.26. The molecule has 4 fully saturated rings. The summed E-state index contributed by atoms with van der Waals surface area (Å²) in [4.78, 5) is 26.1. The summed E-state index contributed by atoms with van der Waals surface area (Å²) in [6.45, 7) is 2.51. The molecule has 4 aliphatic rings. The largest absolute Gasteiger partial charge is 0.370 e. The number of carbonyl (C=O) groups is 1. The molecule has 0 heterocycles. The number of hydrogen-bond donors (Lipinski definition) is 2. The van der Waals surface area contributed by atoms with E-state index >= 15 is 0 Å². The van der Waals surface area contributed by atoms with E-state index in [-0.39, 0.29) is 17.7 Å². The Balaban J connectivity index is 1.27. The fourth-order valence-electron chi connectivity index (χ4n) is 5.76. The van der Waals surface area contributed by atoms with E-state index < -0.39 is 0 Å². The summed E-state index contributed by atoms with van der Waals surface area (Å²) in [5.41, 5.74) is 1.09. The molecule has 4 bridgehead atoms. The van der Waals surface area contributed by atoms with Crippen LogP contribution >= 0.6 is 0 Å². The van der Waals surface area contributed by atoms with Gasteiger partial charge in [-0.05, 0) is 81.4 Å². The Bertz CT molecular complexity index is 722. The predicted octanol–water partition coefficient (Wildman–Crippen LogP) is 4.15. The van der Waals surface area contributed by atoms with Crippen LogP contribution in [0.5, 0.6) is 0 Å². The number of rotatable bonds is 6. The first kappa shape index (κ1) is 18.2. The maximum atomic E-state index is 12.2. The molecule has 1 unspecified atom stereocenters. The lowest BCUT2D eigenvalue weighted by Crippen LogP contribution is -2.54. The highest BCUT2D eigenvalue weighted by atomic mass is 16.5. The van der Waals surface area contributed by atoms with Crippen LogP contribution in [0.1, 0.15) is 45.4 Å². The zero-order valence-corrected chi connectivity index (χ0v) is 15.7. The van der Waals surface area contributed by atoms with Gasteiger partial charge in [0.25, 0.3) is 0 Å². The van der Waals surface area contributed by atoms with Crippen LogP contribution in [-0.4, -0.2) is 30.4 Å². The predicted molar refractivity (Wildman–Crippen MR) is 103 cm³/mol. The Kier molecular flexibility index (Phi) is 5.02. The summed E-state index contributed by atoms with van der Waals surface area (Å²) in [5.74, 6) is 2.54. The first-order valence-electron chi connectivity index (χ1n) is 9.94. The van der Waals surface area contributed by atoms with Crippen molar-refractivity contribution >= 4 is 23.5 Å². The van der Waals surface area contributed by atoms with Gasteiger partial charge in [0.2, 0.25) is 6.08 Å². The fraction of sp³-hybridized carbons (Fsp3) is 0.619. The van der Waals surface area contributed by atoms with Crippen LogP contribution in [0.3, 0.4) is 0 Å². The molecule has 1 aromatic carbocycles. The van der Waals surface area contributed by atoms with E-state index in [2.05, 4.69) is 15.6 Å². The molecular formula is C21H27N3O3. The second-order valence-electron chi connectivity index (χ2n) is 8.62. The summed E-state index contributed by atoms with van der Waals surface area (Å²) in [7, 11) is 0. The van der Waals surface area contributed by atoms with Crippen LogP contribution in [0.15, 0.2) is 29.3 Å². The average molecular weight is 369 g/mol. The molecule has 2 N–H and O–H groups in total. The molecule has 0 radical (unpaired) electrons. The minimum Gasteiger partial charge on any atom is -0.370 e. The maximum Gasteiger partial charge on any atom is 0.319 e. The Hall–Kier alpha value is -2.17. The normalized spacial score (nSPS) is 31.8. The van der Waals surface area contributed by atoms with E-state index in [0.29, 0.717) is 17.9 Å². The second-order valence-corrected chi connectivity index (χ2v) is 8.62. The molecule has 27 heavy (non-hydrogen) atoms. The topological polar surface area (TPSA) is 79.8 Å². The highest BCUT2D eigenvalue weighted by molar-refractivity contribution is 5.89. The van der Waals surface area contributed by atoms with Crippen LogP contribution in [0, 0.1) is 17.8 Å². The van der Waals surface area contributed by atoms with Crippen LogP contribution < -0.4 is 10.6 Å². The van der Waals surface area contributed by atoms with Crippen molar-refractivity contribution < 1.29 is 14.3 Å². The van der Waals surface area contributed by atoms with Crippen molar-refractivity contribution in [3.63, 3.8) is 0 Å². The van der Waals surface area contributed by atoms with Crippen LogP contribution in [0.25, 0.3) is 0 Å². The van der Waals surface area contributed by atoms with Gasteiger partial charge in [0.05, 0.1) is 17.4 Å². The smallest absolute Gasteiger partial charge is 0.319 e. The molecule has 0 saturated heterocycles. The first-order valence-corrected chi connectivity index (χ1v) is 9.94. The lowest BCUT2D eigenvalue weighted by Gasteiger charge is -2.57. The number of ether oxygens (including phenoxy) is 1. The second kappa shape index (κ2) is 7.45. The lowest BCUT2D eigenvalue weighted by atomic mass is 9.54. The molecule has 0 spiro atoms. The summed E-state index contributed by atoms with van der Waals surface area (Å²) < 4.78 is 6.50. The maximum absolute atomic E-state index is 12.2. The van der Waals surface area contributed by atoms with Crippen molar-refractivity contribution in [1.82, 2.24) is 5.32 Å². The van der Waals surface area contributed by atoms with Crippen molar-refractivity contribution in [2.45, 2.75) is 57.2 Å². The van der Waals surface area contributed by atoms with Crippen molar-refractivity contribution in [2.75, 3.05) is 11.9 Å². The van der Waals surface area contributed by atoms with Gasteiger partial charge in [0, 0.05) is 12.2 Å². The van der Waals surface area contributed by atoms with Crippen LogP contribution in [-0.2, 0) is 9.53 Å². The van der Waals surface area contributed by atoms with E-state index in [1.807, 2.05) is 6.92 Å². The monoisotopic (exact) mass is 369 g/mol. The summed E-state index contributed by atoms with van der Waals surface area (Å²) >= 11 is 0. The molecule has 4 aliphatic carbocycles. The number of aliphatic imine (C=N–C) groups is 1. The SMILES string of the molecule is CC(CNC(=O)Nc1cccc(N=C=O)c1)OC12CC3CC(CC(C3)C1)C2. The minimum atomic E-state index is -0.289. The number of benzene rings is 1. The lowest BCUT2D eigenvalue weighted by molar-refractivity contribution is -0.182. The molecule has 0 aromatic heterocycles. The zero-order chi connectivity index (χ0) is 18.9. The van der Waals surface area contributed by atoms with Gasteiger partial charge < -0.3 is 15.4 Å². The van der Waals surface area contributed by atoms with Crippen molar-refractivity contribution in [1.29, 1.82) is 0 Å². The number of carbonyl (C=O) groups excluding carboxylic acids is 2. The number of amides is 2. The average Bonchev–Trinajstić information content (AvgIpc) is 2.59. The van der Waals surface area contributed by atoms with E-state index in [4.69, 9.17) is 4.74 Å². The Morgan fingerprint density at radius 3 is 2.56 bits per heavy atom. The molecule has 1 atom stereocenters.